The molecule has 0 bridgehead atoms. The summed E-state index contributed by atoms with van der Waals surface area (Å²) >= 11 is 0. The number of carbonyl (C=O) groups is 1. The molecule has 0 saturated carbocycles. The Balaban J connectivity index is 1.86. The maximum Gasteiger partial charge on any atom is 0.294 e. The van der Waals surface area contributed by atoms with Crippen LogP contribution < -0.4 is 5.32 Å². The summed E-state index contributed by atoms with van der Waals surface area (Å²) in [4.78, 5) is 25.2. The van der Waals surface area contributed by atoms with Crippen LogP contribution in [0.4, 0.5) is 5.82 Å². The number of aryl methyl sites for hydroxylation is 2. The van der Waals surface area contributed by atoms with Crippen molar-refractivity contribution < 1.29 is 4.79 Å². The lowest BCUT2D eigenvalue weighted by molar-refractivity contribution is 0.101. The van der Waals surface area contributed by atoms with E-state index in [-0.39, 0.29) is 11.7 Å². The molecule has 0 atom stereocenters. The van der Waals surface area contributed by atoms with Crippen molar-refractivity contribution in [1.29, 1.82) is 0 Å². The molecule has 0 aliphatic heterocycles. The Labute approximate surface area is 141 Å². The smallest absolute Gasteiger partial charge is 0.294 e. The summed E-state index contributed by atoms with van der Waals surface area (Å²) in [7, 11) is 1.87. The van der Waals surface area contributed by atoms with Crippen molar-refractivity contribution in [3.8, 4) is 0 Å². The van der Waals surface area contributed by atoms with Crippen molar-refractivity contribution in [3.05, 3.63) is 47.7 Å². The molecule has 24 heavy (non-hydrogen) atoms. The second kappa shape index (κ2) is 6.39. The fourth-order valence-electron chi connectivity index (χ4n) is 2.50. The number of anilines is 1. The van der Waals surface area contributed by atoms with E-state index in [4.69, 9.17) is 0 Å². The predicted molar refractivity (Wildman–Crippen MR) is 94.2 cm³/mol. The van der Waals surface area contributed by atoms with Crippen LogP contribution in [0.3, 0.4) is 0 Å². The molecule has 3 heterocycles. The van der Waals surface area contributed by atoms with Gasteiger partial charge >= 0.3 is 0 Å². The van der Waals surface area contributed by atoms with E-state index in [0.717, 1.165) is 23.0 Å². The van der Waals surface area contributed by atoms with Crippen LogP contribution in [0, 0.1) is 0 Å². The van der Waals surface area contributed by atoms with E-state index < -0.39 is 0 Å². The van der Waals surface area contributed by atoms with Crippen LogP contribution in [0.15, 0.2) is 30.7 Å². The van der Waals surface area contributed by atoms with Crippen molar-refractivity contribution in [1.82, 2.24) is 19.5 Å². The zero-order chi connectivity index (χ0) is 17.3. The molecular weight excluding hydrogens is 302 g/mol. The number of fused-ring (bicyclic) bond motifs is 1. The summed E-state index contributed by atoms with van der Waals surface area (Å²) in [6.07, 6.45) is 6.18. The topological polar surface area (TPSA) is 72.7 Å². The van der Waals surface area contributed by atoms with Gasteiger partial charge in [0.1, 0.15) is 11.5 Å². The maximum atomic E-state index is 12.4. The number of hydrogen-bond acceptors (Lipinski definition) is 4. The first-order valence-electron chi connectivity index (χ1n) is 8.07. The third-order valence-electron chi connectivity index (χ3n) is 4.11. The predicted octanol–water partition coefficient (Wildman–Crippen LogP) is 3.30. The number of aromatic nitrogens is 4. The number of nitrogens with one attached hydrogen (secondary N) is 1. The zero-order valence-corrected chi connectivity index (χ0v) is 14.4. The summed E-state index contributed by atoms with van der Waals surface area (Å²) in [5.41, 5.74) is 3.00. The minimum atomic E-state index is -0.327. The van der Waals surface area contributed by atoms with Crippen LogP contribution in [-0.4, -0.2) is 25.4 Å². The molecule has 0 aliphatic carbocycles. The standard InChI is InChI=1S/C18H21N5O/c1-5-12-6-13-7-15(23(4)17(13)21-8-12)22-18(24)16-19-9-14(10-20-16)11(2)3/h6-11H,5H2,1-4H3,(H,22,24). The molecule has 0 spiro atoms. The van der Waals surface area contributed by atoms with Gasteiger partial charge in [-0.3, -0.25) is 4.79 Å². The molecule has 0 aliphatic rings. The van der Waals surface area contributed by atoms with Gasteiger partial charge in [-0.25, -0.2) is 15.0 Å². The lowest BCUT2D eigenvalue weighted by Gasteiger charge is -2.07. The van der Waals surface area contributed by atoms with Crippen LogP contribution in [0.5, 0.6) is 0 Å². The fraction of sp³-hybridized carbons (Fsp3) is 0.333. The van der Waals surface area contributed by atoms with Gasteiger partial charge in [-0.05, 0) is 35.6 Å². The molecule has 1 N–H and O–H groups in total. The van der Waals surface area contributed by atoms with Crippen LogP contribution in [0.2, 0.25) is 0 Å². The van der Waals surface area contributed by atoms with Gasteiger partial charge < -0.3 is 9.88 Å². The largest absolute Gasteiger partial charge is 0.315 e. The van der Waals surface area contributed by atoms with Gasteiger partial charge in [0.15, 0.2) is 0 Å². The Kier molecular flexibility index (Phi) is 4.29. The number of nitrogens with zero attached hydrogens (tertiary/aromatic N) is 4. The quantitative estimate of drug-likeness (QED) is 0.799. The Bertz CT molecular complexity index is 880. The summed E-state index contributed by atoms with van der Waals surface area (Å²) in [6.45, 7) is 6.21. The van der Waals surface area contributed by atoms with Gasteiger partial charge in [0.05, 0.1) is 0 Å². The third-order valence-corrected chi connectivity index (χ3v) is 4.11. The molecule has 3 aromatic rings. The molecule has 3 rings (SSSR count). The van der Waals surface area contributed by atoms with Gasteiger partial charge in [0.2, 0.25) is 5.82 Å². The number of hydrogen-bond donors (Lipinski definition) is 1. The zero-order valence-electron chi connectivity index (χ0n) is 14.4. The normalized spacial score (nSPS) is 11.2. The number of pyridine rings is 1. The molecule has 1 amide bonds. The number of carbonyl (C=O) groups excluding carboxylic acids is 1. The van der Waals surface area contributed by atoms with Crippen molar-refractivity contribution in [2.45, 2.75) is 33.1 Å². The van der Waals surface area contributed by atoms with Gasteiger partial charge in [-0.2, -0.15) is 0 Å². The lowest BCUT2D eigenvalue weighted by atomic mass is 10.1. The molecule has 0 saturated heterocycles. The average Bonchev–Trinajstić information content (AvgIpc) is 2.90. The summed E-state index contributed by atoms with van der Waals surface area (Å²) in [5, 5.41) is 3.86. The van der Waals surface area contributed by atoms with E-state index in [2.05, 4.69) is 47.1 Å². The van der Waals surface area contributed by atoms with Gasteiger partial charge in [-0.15, -0.1) is 0 Å². The summed E-state index contributed by atoms with van der Waals surface area (Å²) < 4.78 is 1.86. The van der Waals surface area contributed by atoms with E-state index in [9.17, 15) is 4.79 Å². The summed E-state index contributed by atoms with van der Waals surface area (Å²) in [6, 6.07) is 4.01. The highest BCUT2D eigenvalue weighted by Crippen LogP contribution is 2.22. The Morgan fingerprint density at radius 1 is 1.17 bits per heavy atom. The van der Waals surface area contributed by atoms with Crippen LogP contribution in [-0.2, 0) is 13.5 Å². The minimum Gasteiger partial charge on any atom is -0.315 e. The number of rotatable bonds is 4. The van der Waals surface area contributed by atoms with E-state index >= 15 is 0 Å². The van der Waals surface area contributed by atoms with Crippen LogP contribution in [0.1, 0.15) is 48.4 Å². The molecule has 6 nitrogen and oxygen atoms in total. The van der Waals surface area contributed by atoms with E-state index in [1.165, 1.54) is 5.56 Å². The molecule has 0 radical (unpaired) electrons. The highest BCUT2D eigenvalue weighted by molar-refractivity contribution is 6.02. The third kappa shape index (κ3) is 2.99. The second-order valence-electron chi connectivity index (χ2n) is 6.15. The fourth-order valence-corrected chi connectivity index (χ4v) is 2.50. The molecule has 124 valence electrons. The van der Waals surface area contributed by atoms with Gasteiger partial charge in [-0.1, -0.05) is 20.8 Å². The molecule has 3 aromatic heterocycles. The molecule has 0 aromatic carbocycles. The highest BCUT2D eigenvalue weighted by atomic mass is 16.2. The van der Waals surface area contributed by atoms with Gasteiger partial charge in [0, 0.05) is 31.0 Å². The average molecular weight is 323 g/mol. The highest BCUT2D eigenvalue weighted by Gasteiger charge is 2.14. The minimum absolute atomic E-state index is 0.159. The van der Waals surface area contributed by atoms with Crippen molar-refractivity contribution >= 4 is 22.8 Å². The van der Waals surface area contributed by atoms with Crippen LogP contribution in [0.25, 0.3) is 11.0 Å². The maximum absolute atomic E-state index is 12.4. The summed E-state index contributed by atoms with van der Waals surface area (Å²) in [5.74, 6) is 0.838. The van der Waals surface area contributed by atoms with Crippen molar-refractivity contribution in [2.24, 2.45) is 7.05 Å². The first-order valence-corrected chi connectivity index (χ1v) is 8.07. The van der Waals surface area contributed by atoms with Gasteiger partial charge in [0.25, 0.3) is 5.91 Å². The van der Waals surface area contributed by atoms with Crippen LogP contribution >= 0.6 is 0 Å². The SMILES string of the molecule is CCc1cnc2c(c1)cc(NC(=O)c1ncc(C(C)C)cn1)n2C. The molecule has 6 heteroatoms. The van der Waals surface area contributed by atoms with E-state index in [1.807, 2.05) is 23.9 Å². The van der Waals surface area contributed by atoms with Crippen molar-refractivity contribution in [3.63, 3.8) is 0 Å². The molecular formula is C18H21N5O. The Morgan fingerprint density at radius 3 is 2.50 bits per heavy atom. The number of amides is 1. The van der Waals surface area contributed by atoms with E-state index in [0.29, 0.717) is 11.7 Å². The van der Waals surface area contributed by atoms with Crippen molar-refractivity contribution in [2.75, 3.05) is 5.32 Å². The second-order valence-corrected chi connectivity index (χ2v) is 6.15. The first-order chi connectivity index (χ1) is 11.5. The molecule has 0 fully saturated rings. The Hall–Kier alpha value is -2.76. The Morgan fingerprint density at radius 2 is 1.88 bits per heavy atom. The monoisotopic (exact) mass is 323 g/mol. The molecule has 0 unspecified atom stereocenters. The lowest BCUT2D eigenvalue weighted by Crippen LogP contribution is -2.17. The van der Waals surface area contributed by atoms with E-state index in [1.54, 1.807) is 12.4 Å². The first kappa shape index (κ1) is 16.1.